The Labute approximate surface area is 143 Å². The van der Waals surface area contributed by atoms with Crippen LogP contribution in [0.15, 0.2) is 16.7 Å². The third-order valence-corrected chi connectivity index (χ3v) is 3.48. The number of carbonyl (C=O) groups is 1. The molecular formula is C16H19F3N4O2. The molecule has 0 spiro atoms. The van der Waals surface area contributed by atoms with Gasteiger partial charge in [-0.3, -0.25) is 0 Å². The number of nitrogens with one attached hydrogen (secondary N) is 1. The third-order valence-electron chi connectivity index (χ3n) is 3.48. The van der Waals surface area contributed by atoms with Gasteiger partial charge in [-0.1, -0.05) is 19.0 Å². The standard InChI is InChI=1S/C16H19F3N4O2/c1-9(2)15-21-13(22-25-15)4-5-23(3)16(24)20-8-10-6-11(17)14(19)12(18)7-10/h6-7,9H,4-5,8H2,1-3H3,(H,20,24). The fourth-order valence-electron chi connectivity index (χ4n) is 2.00. The highest BCUT2D eigenvalue weighted by Crippen LogP contribution is 2.13. The van der Waals surface area contributed by atoms with E-state index in [0.29, 0.717) is 24.7 Å². The first kappa shape index (κ1) is 18.8. The van der Waals surface area contributed by atoms with Crippen LogP contribution >= 0.6 is 0 Å². The summed E-state index contributed by atoms with van der Waals surface area (Å²) in [7, 11) is 1.56. The molecule has 1 aromatic heterocycles. The van der Waals surface area contributed by atoms with Crippen molar-refractivity contribution in [3.05, 3.63) is 46.9 Å². The second kappa shape index (κ2) is 8.00. The van der Waals surface area contributed by atoms with Crippen LogP contribution in [0.2, 0.25) is 0 Å². The maximum atomic E-state index is 13.1. The molecule has 136 valence electrons. The van der Waals surface area contributed by atoms with Gasteiger partial charge in [0, 0.05) is 32.5 Å². The number of halogens is 3. The van der Waals surface area contributed by atoms with Gasteiger partial charge in [-0.15, -0.1) is 0 Å². The lowest BCUT2D eigenvalue weighted by Gasteiger charge is -2.17. The van der Waals surface area contributed by atoms with Gasteiger partial charge in [0.05, 0.1) is 0 Å². The average Bonchev–Trinajstić information content (AvgIpc) is 3.04. The van der Waals surface area contributed by atoms with Gasteiger partial charge in [-0.2, -0.15) is 4.98 Å². The van der Waals surface area contributed by atoms with Gasteiger partial charge < -0.3 is 14.7 Å². The zero-order valence-corrected chi connectivity index (χ0v) is 14.1. The molecule has 0 radical (unpaired) electrons. The van der Waals surface area contributed by atoms with E-state index in [9.17, 15) is 18.0 Å². The highest BCUT2D eigenvalue weighted by Gasteiger charge is 2.14. The molecule has 0 fully saturated rings. The van der Waals surface area contributed by atoms with Crippen LogP contribution in [-0.4, -0.2) is 34.7 Å². The number of likely N-dealkylation sites (N-methyl/N-ethyl adjacent to an activating group) is 1. The summed E-state index contributed by atoms with van der Waals surface area (Å²) in [6.07, 6.45) is 0.403. The van der Waals surface area contributed by atoms with E-state index < -0.39 is 23.5 Å². The second-order valence-corrected chi connectivity index (χ2v) is 5.91. The molecule has 0 unspecified atom stereocenters. The molecular weight excluding hydrogens is 337 g/mol. The van der Waals surface area contributed by atoms with Crippen LogP contribution in [0.25, 0.3) is 0 Å². The van der Waals surface area contributed by atoms with Gasteiger partial charge in [-0.05, 0) is 17.7 Å². The van der Waals surface area contributed by atoms with Crippen LogP contribution in [0.4, 0.5) is 18.0 Å². The number of amides is 2. The minimum Gasteiger partial charge on any atom is -0.339 e. The number of hydrogen-bond donors (Lipinski definition) is 1. The Balaban J connectivity index is 1.83. The zero-order valence-electron chi connectivity index (χ0n) is 14.1. The fraction of sp³-hybridized carbons (Fsp3) is 0.438. The number of nitrogens with zero attached hydrogens (tertiary/aromatic N) is 3. The molecule has 1 aromatic carbocycles. The van der Waals surface area contributed by atoms with Crippen molar-refractivity contribution in [1.29, 1.82) is 0 Å². The summed E-state index contributed by atoms with van der Waals surface area (Å²) in [5.74, 6) is -2.98. The van der Waals surface area contributed by atoms with E-state index in [-0.39, 0.29) is 18.0 Å². The quantitative estimate of drug-likeness (QED) is 0.808. The predicted molar refractivity (Wildman–Crippen MR) is 83.3 cm³/mol. The topological polar surface area (TPSA) is 71.3 Å². The zero-order chi connectivity index (χ0) is 18.6. The number of aromatic nitrogens is 2. The van der Waals surface area contributed by atoms with E-state index in [1.54, 1.807) is 7.05 Å². The maximum absolute atomic E-state index is 13.1. The van der Waals surface area contributed by atoms with Gasteiger partial charge in [-0.25, -0.2) is 18.0 Å². The first-order valence-corrected chi connectivity index (χ1v) is 7.72. The molecule has 0 aliphatic heterocycles. The summed E-state index contributed by atoms with van der Waals surface area (Å²) in [5.41, 5.74) is 0.123. The van der Waals surface area contributed by atoms with Crippen LogP contribution in [-0.2, 0) is 13.0 Å². The maximum Gasteiger partial charge on any atom is 0.317 e. The molecule has 2 amide bonds. The Morgan fingerprint density at radius 3 is 2.48 bits per heavy atom. The lowest BCUT2D eigenvalue weighted by Crippen LogP contribution is -2.38. The Morgan fingerprint density at radius 1 is 1.28 bits per heavy atom. The van der Waals surface area contributed by atoms with E-state index in [1.165, 1.54) is 4.90 Å². The van der Waals surface area contributed by atoms with E-state index in [0.717, 1.165) is 12.1 Å². The smallest absolute Gasteiger partial charge is 0.317 e. The second-order valence-electron chi connectivity index (χ2n) is 5.91. The molecule has 1 N–H and O–H groups in total. The van der Waals surface area contributed by atoms with E-state index >= 15 is 0 Å². The van der Waals surface area contributed by atoms with Crippen LogP contribution in [0, 0.1) is 17.5 Å². The van der Waals surface area contributed by atoms with E-state index in [4.69, 9.17) is 4.52 Å². The Bertz CT molecular complexity index is 726. The van der Waals surface area contributed by atoms with Crippen molar-refractivity contribution < 1.29 is 22.5 Å². The Morgan fingerprint density at radius 2 is 1.92 bits per heavy atom. The summed E-state index contributed by atoms with van der Waals surface area (Å²) in [6, 6.07) is 1.23. The summed E-state index contributed by atoms with van der Waals surface area (Å²) < 4.78 is 44.2. The van der Waals surface area contributed by atoms with Gasteiger partial charge in [0.25, 0.3) is 0 Å². The third kappa shape index (κ3) is 4.94. The minimum absolute atomic E-state index is 0.123. The molecule has 0 aliphatic rings. The molecule has 0 saturated carbocycles. The lowest BCUT2D eigenvalue weighted by molar-refractivity contribution is 0.208. The van der Waals surface area contributed by atoms with Crippen LogP contribution in [0.3, 0.4) is 0 Å². The SMILES string of the molecule is CC(C)c1nc(CCN(C)C(=O)NCc2cc(F)c(F)c(F)c2)no1. The molecule has 25 heavy (non-hydrogen) atoms. The van der Waals surface area contributed by atoms with Crippen LogP contribution in [0.5, 0.6) is 0 Å². The fourth-order valence-corrected chi connectivity index (χ4v) is 2.00. The molecule has 1 heterocycles. The Hall–Kier alpha value is -2.58. The average molecular weight is 356 g/mol. The normalized spacial score (nSPS) is 11.0. The van der Waals surface area contributed by atoms with Crippen LogP contribution in [0.1, 0.15) is 37.0 Å². The minimum atomic E-state index is -1.53. The van der Waals surface area contributed by atoms with Crippen molar-refractivity contribution in [2.24, 2.45) is 0 Å². The predicted octanol–water partition coefficient (Wildman–Crippen LogP) is 2.99. The lowest BCUT2D eigenvalue weighted by atomic mass is 10.2. The highest BCUT2D eigenvalue weighted by atomic mass is 19.2. The molecule has 6 nitrogen and oxygen atoms in total. The molecule has 9 heteroatoms. The first-order valence-electron chi connectivity index (χ1n) is 7.72. The van der Waals surface area contributed by atoms with Crippen molar-refractivity contribution >= 4 is 6.03 Å². The van der Waals surface area contributed by atoms with Gasteiger partial charge >= 0.3 is 6.03 Å². The number of benzene rings is 1. The van der Waals surface area contributed by atoms with Gasteiger partial charge in [0.2, 0.25) is 5.89 Å². The molecule has 0 atom stereocenters. The number of rotatable bonds is 6. The monoisotopic (exact) mass is 356 g/mol. The number of hydrogen-bond acceptors (Lipinski definition) is 4. The van der Waals surface area contributed by atoms with E-state index in [1.807, 2.05) is 13.8 Å². The molecule has 2 rings (SSSR count). The van der Waals surface area contributed by atoms with Crippen LogP contribution < -0.4 is 5.32 Å². The van der Waals surface area contributed by atoms with Crippen molar-refractivity contribution in [2.45, 2.75) is 32.7 Å². The van der Waals surface area contributed by atoms with Crippen molar-refractivity contribution in [3.63, 3.8) is 0 Å². The summed E-state index contributed by atoms with van der Waals surface area (Å²) in [4.78, 5) is 17.6. The molecule has 0 bridgehead atoms. The highest BCUT2D eigenvalue weighted by molar-refractivity contribution is 5.73. The molecule has 2 aromatic rings. The molecule has 0 saturated heterocycles. The summed E-state index contributed by atoms with van der Waals surface area (Å²) >= 11 is 0. The first-order chi connectivity index (χ1) is 11.8. The number of carbonyl (C=O) groups excluding carboxylic acids is 1. The van der Waals surface area contributed by atoms with Crippen molar-refractivity contribution in [1.82, 2.24) is 20.4 Å². The van der Waals surface area contributed by atoms with Crippen molar-refractivity contribution in [3.8, 4) is 0 Å². The van der Waals surface area contributed by atoms with Gasteiger partial charge in [0.15, 0.2) is 23.3 Å². The van der Waals surface area contributed by atoms with Crippen molar-refractivity contribution in [2.75, 3.05) is 13.6 Å². The largest absolute Gasteiger partial charge is 0.339 e. The number of urea groups is 1. The Kier molecular flexibility index (Phi) is 6.00. The summed E-state index contributed by atoms with van der Waals surface area (Å²) in [5, 5.41) is 6.33. The molecule has 0 aliphatic carbocycles. The van der Waals surface area contributed by atoms with Gasteiger partial charge in [0.1, 0.15) is 0 Å². The summed E-state index contributed by atoms with van der Waals surface area (Å²) in [6.45, 7) is 4.06. The van der Waals surface area contributed by atoms with E-state index in [2.05, 4.69) is 15.5 Å².